The molecule has 4 rings (SSSR count). The molecule has 0 heterocycles. The second-order valence-corrected chi connectivity index (χ2v) is 9.71. The van der Waals surface area contributed by atoms with Crippen LogP contribution in [-0.2, 0) is 9.53 Å². The van der Waals surface area contributed by atoms with Gasteiger partial charge in [0.05, 0.1) is 12.2 Å². The second kappa shape index (κ2) is 5.92. The molecule has 25 heavy (non-hydrogen) atoms. The van der Waals surface area contributed by atoms with Gasteiger partial charge in [-0.3, -0.25) is 4.79 Å². The standard InChI is InChI=1S/C22H34O3/c1-4-25-14-22(24)12-11-20(2)15(13-22)5-6-16-17-7-8-19(23)21(17,3)10-9-18(16)20/h9,15-17,24H,4-8,10-14H2,1-3H3/t15-,16+,17+,20+,21+,22-/m1/s1. The maximum Gasteiger partial charge on any atom is 0.139 e. The van der Waals surface area contributed by atoms with Crippen molar-refractivity contribution in [3.63, 3.8) is 0 Å². The first-order chi connectivity index (χ1) is 11.8. The lowest BCUT2D eigenvalue weighted by molar-refractivity contribution is -0.128. The summed E-state index contributed by atoms with van der Waals surface area (Å²) in [6.07, 6.45) is 10.4. The Bertz CT molecular complexity index is 596. The molecule has 0 aromatic heterocycles. The van der Waals surface area contributed by atoms with Gasteiger partial charge in [0.2, 0.25) is 0 Å². The first-order valence-electron chi connectivity index (χ1n) is 10.4. The minimum absolute atomic E-state index is 0.0955. The zero-order chi connectivity index (χ0) is 17.9. The van der Waals surface area contributed by atoms with Crippen LogP contribution in [0, 0.1) is 28.6 Å². The monoisotopic (exact) mass is 346 g/mol. The van der Waals surface area contributed by atoms with Crippen LogP contribution in [0.2, 0.25) is 0 Å². The van der Waals surface area contributed by atoms with Crippen LogP contribution in [0.4, 0.5) is 0 Å². The highest BCUT2D eigenvalue weighted by molar-refractivity contribution is 5.87. The van der Waals surface area contributed by atoms with E-state index in [9.17, 15) is 9.90 Å². The Kier molecular flexibility index (Phi) is 4.20. The van der Waals surface area contributed by atoms with E-state index in [-0.39, 0.29) is 10.8 Å². The fraction of sp³-hybridized carbons (Fsp3) is 0.864. The molecule has 0 aliphatic heterocycles. The molecule has 0 aromatic rings. The summed E-state index contributed by atoms with van der Waals surface area (Å²) in [7, 11) is 0. The van der Waals surface area contributed by atoms with Gasteiger partial charge in [-0.15, -0.1) is 0 Å². The van der Waals surface area contributed by atoms with Crippen molar-refractivity contribution in [1.82, 2.24) is 0 Å². The van der Waals surface area contributed by atoms with Crippen LogP contribution in [-0.4, -0.2) is 29.7 Å². The third-order valence-corrected chi connectivity index (χ3v) is 8.47. The van der Waals surface area contributed by atoms with Crippen molar-refractivity contribution < 1.29 is 14.6 Å². The molecule has 3 heteroatoms. The van der Waals surface area contributed by atoms with E-state index in [1.807, 2.05) is 6.92 Å². The van der Waals surface area contributed by atoms with Crippen LogP contribution in [0.5, 0.6) is 0 Å². The number of rotatable bonds is 3. The first kappa shape index (κ1) is 17.7. The van der Waals surface area contributed by atoms with Crippen molar-refractivity contribution in [3.05, 3.63) is 11.6 Å². The van der Waals surface area contributed by atoms with E-state index in [4.69, 9.17) is 4.74 Å². The maximum atomic E-state index is 12.5. The fourth-order valence-corrected chi connectivity index (χ4v) is 6.80. The van der Waals surface area contributed by atoms with Crippen LogP contribution < -0.4 is 0 Å². The molecule has 0 bridgehead atoms. The summed E-state index contributed by atoms with van der Waals surface area (Å²) in [5, 5.41) is 11.0. The molecule has 0 amide bonds. The average molecular weight is 347 g/mol. The van der Waals surface area contributed by atoms with E-state index in [1.54, 1.807) is 5.57 Å². The second-order valence-electron chi connectivity index (χ2n) is 9.71. The average Bonchev–Trinajstić information content (AvgIpc) is 2.89. The maximum absolute atomic E-state index is 12.5. The lowest BCUT2D eigenvalue weighted by Gasteiger charge is -2.57. The SMILES string of the molecule is CCOC[C@@]1(O)CC[C@]2(C)C3=CC[C@]4(C)C(=O)CC[C@H]4[C@@H]3CC[C@@H]2C1. The minimum Gasteiger partial charge on any atom is -0.387 e. The summed E-state index contributed by atoms with van der Waals surface area (Å²) in [5.74, 6) is 2.21. The topological polar surface area (TPSA) is 46.5 Å². The Morgan fingerprint density at radius 2 is 2.00 bits per heavy atom. The highest BCUT2D eigenvalue weighted by Gasteiger charge is 2.58. The molecular formula is C22H34O3. The third-order valence-electron chi connectivity index (χ3n) is 8.47. The number of hydrogen-bond donors (Lipinski definition) is 1. The van der Waals surface area contributed by atoms with Crippen molar-refractivity contribution in [2.24, 2.45) is 28.6 Å². The number of fused-ring (bicyclic) bond motifs is 5. The predicted octanol–water partition coefficient (Wildman–Crippen LogP) is 4.29. The molecule has 1 N–H and O–H groups in total. The lowest BCUT2D eigenvalue weighted by Crippen LogP contribution is -2.52. The summed E-state index contributed by atoms with van der Waals surface area (Å²) in [6, 6.07) is 0. The molecule has 4 aliphatic rings. The number of ether oxygens (including phenoxy) is 1. The van der Waals surface area contributed by atoms with Gasteiger partial charge in [-0.05, 0) is 75.0 Å². The summed E-state index contributed by atoms with van der Waals surface area (Å²) >= 11 is 0. The number of Topliss-reactive ketones (excluding diaryl/α,β-unsaturated/α-hetero) is 1. The zero-order valence-corrected chi connectivity index (χ0v) is 16.1. The summed E-state index contributed by atoms with van der Waals surface area (Å²) in [5.41, 5.74) is 1.12. The van der Waals surface area contributed by atoms with Crippen molar-refractivity contribution in [1.29, 1.82) is 0 Å². The van der Waals surface area contributed by atoms with E-state index in [2.05, 4.69) is 19.9 Å². The molecule has 4 aliphatic carbocycles. The quantitative estimate of drug-likeness (QED) is 0.776. The highest BCUT2D eigenvalue weighted by Crippen LogP contribution is 2.64. The molecule has 6 atom stereocenters. The molecule has 140 valence electrons. The van der Waals surface area contributed by atoms with Crippen LogP contribution in [0.1, 0.15) is 72.1 Å². The van der Waals surface area contributed by atoms with Gasteiger partial charge in [0, 0.05) is 18.4 Å². The number of hydrogen-bond acceptors (Lipinski definition) is 3. The van der Waals surface area contributed by atoms with Crippen LogP contribution in [0.3, 0.4) is 0 Å². The van der Waals surface area contributed by atoms with E-state index in [1.165, 1.54) is 12.8 Å². The van der Waals surface area contributed by atoms with E-state index in [0.717, 1.165) is 38.5 Å². The van der Waals surface area contributed by atoms with Gasteiger partial charge in [-0.25, -0.2) is 0 Å². The molecule has 3 nitrogen and oxygen atoms in total. The Morgan fingerprint density at radius 1 is 1.20 bits per heavy atom. The smallest absolute Gasteiger partial charge is 0.139 e. The zero-order valence-electron chi connectivity index (χ0n) is 16.1. The molecule has 0 saturated heterocycles. The molecule has 0 radical (unpaired) electrons. The fourth-order valence-electron chi connectivity index (χ4n) is 6.80. The lowest BCUT2D eigenvalue weighted by atomic mass is 9.48. The number of allylic oxidation sites excluding steroid dienone is 2. The Balaban J connectivity index is 1.59. The van der Waals surface area contributed by atoms with Crippen molar-refractivity contribution in [2.45, 2.75) is 77.7 Å². The van der Waals surface area contributed by atoms with Crippen LogP contribution in [0.15, 0.2) is 11.6 Å². The normalized spacial score (nSPS) is 49.2. The Morgan fingerprint density at radius 3 is 2.76 bits per heavy atom. The molecule has 3 fully saturated rings. The number of ketones is 1. The van der Waals surface area contributed by atoms with Gasteiger partial charge < -0.3 is 9.84 Å². The molecule has 3 saturated carbocycles. The molecule has 0 unspecified atom stereocenters. The van der Waals surface area contributed by atoms with Crippen molar-refractivity contribution >= 4 is 5.78 Å². The van der Waals surface area contributed by atoms with Crippen molar-refractivity contribution in [3.8, 4) is 0 Å². The Labute approximate surface area is 152 Å². The number of aliphatic hydroxyl groups is 1. The minimum atomic E-state index is -0.639. The van der Waals surface area contributed by atoms with E-state index in [0.29, 0.717) is 36.8 Å². The van der Waals surface area contributed by atoms with Gasteiger partial charge in [0.25, 0.3) is 0 Å². The largest absolute Gasteiger partial charge is 0.387 e. The first-order valence-corrected chi connectivity index (χ1v) is 10.4. The van der Waals surface area contributed by atoms with Crippen LogP contribution >= 0.6 is 0 Å². The molecule has 0 aromatic carbocycles. The third kappa shape index (κ3) is 2.56. The van der Waals surface area contributed by atoms with Gasteiger partial charge in [-0.2, -0.15) is 0 Å². The summed E-state index contributed by atoms with van der Waals surface area (Å²) in [6.45, 7) is 7.81. The Hall–Kier alpha value is -0.670. The number of carbonyl (C=O) groups is 1. The summed E-state index contributed by atoms with van der Waals surface area (Å²) < 4.78 is 5.57. The van der Waals surface area contributed by atoms with Crippen molar-refractivity contribution in [2.75, 3.05) is 13.2 Å². The predicted molar refractivity (Wildman–Crippen MR) is 98.2 cm³/mol. The van der Waals surface area contributed by atoms with Gasteiger partial charge in [0.1, 0.15) is 5.78 Å². The van der Waals surface area contributed by atoms with Gasteiger partial charge in [0.15, 0.2) is 0 Å². The summed E-state index contributed by atoms with van der Waals surface area (Å²) in [4.78, 5) is 12.5. The van der Waals surface area contributed by atoms with E-state index >= 15 is 0 Å². The molecule has 0 spiro atoms. The van der Waals surface area contributed by atoms with Gasteiger partial charge >= 0.3 is 0 Å². The van der Waals surface area contributed by atoms with Crippen LogP contribution in [0.25, 0.3) is 0 Å². The van der Waals surface area contributed by atoms with Gasteiger partial charge in [-0.1, -0.05) is 25.5 Å². The molecular weight excluding hydrogens is 312 g/mol. The highest BCUT2D eigenvalue weighted by atomic mass is 16.5. The van der Waals surface area contributed by atoms with E-state index < -0.39 is 5.60 Å². The number of carbonyl (C=O) groups excluding carboxylic acids is 1.